The van der Waals surface area contributed by atoms with Crippen LogP contribution in [0.4, 0.5) is 0 Å². The molecule has 104 valence electrons. The van der Waals surface area contributed by atoms with Crippen molar-refractivity contribution in [2.45, 2.75) is 37.7 Å². The minimum absolute atomic E-state index is 0.206. The molecule has 0 bridgehead atoms. The molecule has 2 heteroatoms. The summed E-state index contributed by atoms with van der Waals surface area (Å²) in [5, 5.41) is 10.8. The van der Waals surface area contributed by atoms with Crippen LogP contribution >= 0.6 is 11.8 Å². The first-order valence-corrected chi connectivity index (χ1v) is 8.04. The summed E-state index contributed by atoms with van der Waals surface area (Å²) in [5.74, 6) is 1.17. The van der Waals surface area contributed by atoms with E-state index in [2.05, 4.69) is 57.2 Å². The smallest absolute Gasteiger partial charge is 0.0869 e. The number of aryl methyl sites for hydroxylation is 3. The van der Waals surface area contributed by atoms with Gasteiger partial charge in [0.05, 0.1) is 6.10 Å². The molecule has 2 aromatic carbocycles. The monoisotopic (exact) mass is 284 g/mol. The van der Waals surface area contributed by atoms with Gasteiger partial charge in [0.1, 0.15) is 0 Å². The standard InChI is InChI=1S/C18H20OS/c1-11-8-13(3)15(9-12(11)2)18(19)16-10-20-17-7-5-4-6-14(16)17/h4-9,16,18-19H,10H2,1-3H3. The molecule has 1 nitrogen and oxygen atoms in total. The zero-order valence-corrected chi connectivity index (χ0v) is 13.0. The van der Waals surface area contributed by atoms with Crippen LogP contribution in [0.2, 0.25) is 0 Å². The van der Waals surface area contributed by atoms with E-state index < -0.39 is 6.10 Å². The van der Waals surface area contributed by atoms with Crippen molar-refractivity contribution in [2.24, 2.45) is 0 Å². The number of fused-ring (bicyclic) bond motifs is 1. The van der Waals surface area contributed by atoms with Gasteiger partial charge >= 0.3 is 0 Å². The first kappa shape index (κ1) is 13.7. The van der Waals surface area contributed by atoms with E-state index in [0.717, 1.165) is 11.3 Å². The zero-order chi connectivity index (χ0) is 14.3. The van der Waals surface area contributed by atoms with Gasteiger partial charge in [-0.25, -0.2) is 0 Å². The molecule has 1 aliphatic heterocycles. The van der Waals surface area contributed by atoms with Crippen molar-refractivity contribution < 1.29 is 5.11 Å². The second kappa shape index (κ2) is 5.27. The first-order chi connectivity index (χ1) is 9.58. The van der Waals surface area contributed by atoms with Crippen LogP contribution in [0.15, 0.2) is 41.3 Å². The Kier molecular flexibility index (Phi) is 3.61. The lowest BCUT2D eigenvalue weighted by molar-refractivity contribution is 0.153. The maximum Gasteiger partial charge on any atom is 0.0869 e. The minimum atomic E-state index is -0.412. The van der Waals surface area contributed by atoms with Gasteiger partial charge in [0, 0.05) is 16.6 Å². The van der Waals surface area contributed by atoms with Gasteiger partial charge in [-0.1, -0.05) is 30.3 Å². The highest BCUT2D eigenvalue weighted by Gasteiger charge is 2.30. The maximum absolute atomic E-state index is 10.8. The van der Waals surface area contributed by atoms with Crippen molar-refractivity contribution in [1.29, 1.82) is 0 Å². The van der Waals surface area contributed by atoms with Crippen molar-refractivity contribution in [2.75, 3.05) is 5.75 Å². The molecule has 1 aliphatic rings. The zero-order valence-electron chi connectivity index (χ0n) is 12.2. The number of hydrogen-bond acceptors (Lipinski definition) is 2. The molecule has 20 heavy (non-hydrogen) atoms. The van der Waals surface area contributed by atoms with Gasteiger partial charge in [-0.3, -0.25) is 0 Å². The largest absolute Gasteiger partial charge is 0.388 e. The maximum atomic E-state index is 10.8. The third-order valence-electron chi connectivity index (χ3n) is 4.32. The lowest BCUT2D eigenvalue weighted by Gasteiger charge is -2.22. The molecule has 2 unspecified atom stereocenters. The Balaban J connectivity index is 1.98. The highest BCUT2D eigenvalue weighted by Crippen LogP contribution is 2.46. The fourth-order valence-electron chi connectivity index (χ4n) is 2.97. The van der Waals surface area contributed by atoms with Crippen molar-refractivity contribution in [1.82, 2.24) is 0 Å². The molecule has 2 atom stereocenters. The molecule has 2 aromatic rings. The van der Waals surface area contributed by atoms with E-state index in [1.807, 2.05) is 11.8 Å². The summed E-state index contributed by atoms with van der Waals surface area (Å²) in [6.45, 7) is 6.33. The predicted octanol–water partition coefficient (Wildman–Crippen LogP) is 4.53. The average molecular weight is 284 g/mol. The SMILES string of the molecule is Cc1cc(C)c(C(O)C2CSc3ccccc32)cc1C. The van der Waals surface area contributed by atoms with Crippen LogP contribution in [-0.4, -0.2) is 10.9 Å². The Bertz CT molecular complexity index is 648. The van der Waals surface area contributed by atoms with Crippen molar-refractivity contribution in [3.63, 3.8) is 0 Å². The van der Waals surface area contributed by atoms with Gasteiger partial charge < -0.3 is 5.11 Å². The van der Waals surface area contributed by atoms with Gasteiger partial charge in [-0.05, 0) is 54.7 Å². The van der Waals surface area contributed by atoms with Crippen LogP contribution in [0.3, 0.4) is 0 Å². The van der Waals surface area contributed by atoms with E-state index in [0.29, 0.717) is 0 Å². The van der Waals surface area contributed by atoms with Gasteiger partial charge in [0.15, 0.2) is 0 Å². The first-order valence-electron chi connectivity index (χ1n) is 7.05. The molecule has 0 saturated carbocycles. The normalized spacial score (nSPS) is 18.9. The number of thioether (sulfide) groups is 1. The predicted molar refractivity (Wildman–Crippen MR) is 85.5 cm³/mol. The summed E-state index contributed by atoms with van der Waals surface area (Å²) in [6, 6.07) is 12.8. The summed E-state index contributed by atoms with van der Waals surface area (Å²) in [6.07, 6.45) is -0.412. The van der Waals surface area contributed by atoms with Crippen LogP contribution in [0.1, 0.15) is 39.8 Å². The number of hydrogen-bond donors (Lipinski definition) is 1. The quantitative estimate of drug-likeness (QED) is 0.874. The molecule has 0 amide bonds. The third kappa shape index (κ3) is 2.27. The number of benzene rings is 2. The lowest BCUT2D eigenvalue weighted by Crippen LogP contribution is -2.12. The molecule has 0 fully saturated rings. The van der Waals surface area contributed by atoms with Gasteiger partial charge in [-0.2, -0.15) is 0 Å². The van der Waals surface area contributed by atoms with E-state index in [4.69, 9.17) is 0 Å². The molecule has 0 spiro atoms. The number of aliphatic hydroxyl groups is 1. The van der Waals surface area contributed by atoms with Crippen molar-refractivity contribution >= 4 is 11.8 Å². The Morgan fingerprint density at radius 3 is 2.55 bits per heavy atom. The Hall–Kier alpha value is -1.25. The molecular weight excluding hydrogens is 264 g/mol. The van der Waals surface area contributed by atoms with Gasteiger partial charge in [0.25, 0.3) is 0 Å². The summed E-state index contributed by atoms with van der Waals surface area (Å²) >= 11 is 1.85. The van der Waals surface area contributed by atoms with E-state index in [-0.39, 0.29) is 5.92 Å². The van der Waals surface area contributed by atoms with Gasteiger partial charge in [0.2, 0.25) is 0 Å². The third-order valence-corrected chi connectivity index (χ3v) is 5.53. The molecule has 1 N–H and O–H groups in total. The molecule has 0 aromatic heterocycles. The lowest BCUT2D eigenvalue weighted by atomic mass is 9.87. The van der Waals surface area contributed by atoms with Crippen LogP contribution in [-0.2, 0) is 0 Å². The van der Waals surface area contributed by atoms with E-state index >= 15 is 0 Å². The highest BCUT2D eigenvalue weighted by atomic mass is 32.2. The summed E-state index contributed by atoms with van der Waals surface area (Å²) < 4.78 is 0. The number of aliphatic hydroxyl groups excluding tert-OH is 1. The average Bonchev–Trinajstić information content (AvgIpc) is 2.86. The molecular formula is C18H20OS. The van der Waals surface area contributed by atoms with Crippen molar-refractivity contribution in [3.05, 3.63) is 64.2 Å². The van der Waals surface area contributed by atoms with E-state index in [1.165, 1.54) is 27.1 Å². The van der Waals surface area contributed by atoms with Crippen LogP contribution in [0.5, 0.6) is 0 Å². The highest BCUT2D eigenvalue weighted by molar-refractivity contribution is 7.99. The Labute approximate surface area is 125 Å². The fraction of sp³-hybridized carbons (Fsp3) is 0.333. The Morgan fingerprint density at radius 2 is 1.75 bits per heavy atom. The van der Waals surface area contributed by atoms with E-state index in [9.17, 15) is 5.11 Å². The number of rotatable bonds is 2. The van der Waals surface area contributed by atoms with Crippen LogP contribution in [0.25, 0.3) is 0 Å². The molecule has 1 heterocycles. The summed E-state index contributed by atoms with van der Waals surface area (Å²) in [7, 11) is 0. The minimum Gasteiger partial charge on any atom is -0.388 e. The van der Waals surface area contributed by atoms with E-state index in [1.54, 1.807) is 0 Å². The fourth-order valence-corrected chi connectivity index (χ4v) is 4.25. The van der Waals surface area contributed by atoms with Crippen molar-refractivity contribution in [3.8, 4) is 0 Å². The van der Waals surface area contributed by atoms with Gasteiger partial charge in [-0.15, -0.1) is 11.8 Å². The van der Waals surface area contributed by atoms with Crippen LogP contribution in [0, 0.1) is 20.8 Å². The topological polar surface area (TPSA) is 20.2 Å². The second-order valence-corrected chi connectivity index (χ2v) is 6.76. The molecule has 3 rings (SSSR count). The Morgan fingerprint density at radius 1 is 1.05 bits per heavy atom. The summed E-state index contributed by atoms with van der Waals surface area (Å²) in [5.41, 5.74) is 6.11. The molecule has 0 radical (unpaired) electrons. The summed E-state index contributed by atoms with van der Waals surface area (Å²) in [4.78, 5) is 1.32. The molecule has 0 saturated heterocycles. The second-order valence-electron chi connectivity index (χ2n) is 5.69. The van der Waals surface area contributed by atoms with Crippen LogP contribution < -0.4 is 0 Å². The molecule has 0 aliphatic carbocycles.